The van der Waals surface area contributed by atoms with Crippen LogP contribution < -0.4 is 10.1 Å². The van der Waals surface area contributed by atoms with Gasteiger partial charge in [0.05, 0.1) is 6.61 Å². The van der Waals surface area contributed by atoms with Crippen molar-refractivity contribution in [3.8, 4) is 5.75 Å². The van der Waals surface area contributed by atoms with E-state index in [2.05, 4.69) is 12.2 Å². The molecular weight excluding hydrogens is 262 g/mol. The Hall–Kier alpha value is -1.51. The maximum atomic E-state index is 11.8. The number of carbonyl (C=O) groups is 1. The van der Waals surface area contributed by atoms with Crippen LogP contribution in [0.25, 0.3) is 0 Å². The first-order valence-corrected chi connectivity index (χ1v) is 8.29. The summed E-state index contributed by atoms with van der Waals surface area (Å²) in [7, 11) is 0. The molecule has 0 radical (unpaired) electrons. The monoisotopic (exact) mass is 291 g/mol. The quantitative estimate of drug-likeness (QED) is 0.571. The number of benzene rings is 1. The minimum atomic E-state index is 0.104. The molecular formula is C18H29NO2. The Morgan fingerprint density at radius 1 is 0.952 bits per heavy atom. The highest BCUT2D eigenvalue weighted by Crippen LogP contribution is 2.16. The first-order chi connectivity index (χ1) is 10.3. The molecule has 0 aromatic heterocycles. The van der Waals surface area contributed by atoms with E-state index in [0.29, 0.717) is 13.0 Å². The molecule has 1 rings (SSSR count). The molecule has 1 N–H and O–H groups in total. The van der Waals surface area contributed by atoms with Crippen LogP contribution in [0.1, 0.15) is 65.2 Å². The van der Waals surface area contributed by atoms with Gasteiger partial charge in [-0.15, -0.1) is 0 Å². The van der Waals surface area contributed by atoms with E-state index in [1.807, 2.05) is 31.2 Å². The van der Waals surface area contributed by atoms with E-state index in [4.69, 9.17) is 4.74 Å². The number of amides is 1. The van der Waals surface area contributed by atoms with Crippen molar-refractivity contribution in [3.63, 3.8) is 0 Å². The lowest BCUT2D eigenvalue weighted by Gasteiger charge is -2.07. The second-order valence-corrected chi connectivity index (χ2v) is 5.38. The number of anilines is 1. The van der Waals surface area contributed by atoms with Crippen LogP contribution in [0.3, 0.4) is 0 Å². The topological polar surface area (TPSA) is 38.3 Å². The second-order valence-electron chi connectivity index (χ2n) is 5.38. The van der Waals surface area contributed by atoms with Crippen molar-refractivity contribution in [3.05, 3.63) is 24.3 Å². The highest BCUT2D eigenvalue weighted by Gasteiger charge is 2.02. The van der Waals surface area contributed by atoms with Crippen LogP contribution in [0.5, 0.6) is 5.75 Å². The molecule has 0 atom stereocenters. The van der Waals surface area contributed by atoms with Gasteiger partial charge in [0, 0.05) is 12.1 Å². The van der Waals surface area contributed by atoms with Crippen molar-refractivity contribution in [2.45, 2.75) is 65.2 Å². The summed E-state index contributed by atoms with van der Waals surface area (Å²) < 4.78 is 5.37. The van der Waals surface area contributed by atoms with Gasteiger partial charge in [-0.2, -0.15) is 0 Å². The molecule has 3 nitrogen and oxygen atoms in total. The Kier molecular flexibility index (Phi) is 9.34. The van der Waals surface area contributed by atoms with Crippen molar-refractivity contribution in [1.29, 1.82) is 0 Å². The molecule has 1 amide bonds. The summed E-state index contributed by atoms with van der Waals surface area (Å²) in [5, 5.41) is 2.93. The summed E-state index contributed by atoms with van der Waals surface area (Å²) >= 11 is 0. The number of rotatable bonds is 11. The van der Waals surface area contributed by atoms with Crippen LogP contribution >= 0.6 is 0 Å². The van der Waals surface area contributed by atoms with Gasteiger partial charge in [-0.25, -0.2) is 0 Å². The fraction of sp³-hybridized carbons (Fsp3) is 0.611. The molecule has 0 fully saturated rings. The molecule has 1 aromatic rings. The number of carbonyl (C=O) groups excluding carboxylic acids is 1. The maximum absolute atomic E-state index is 11.8. The van der Waals surface area contributed by atoms with Crippen molar-refractivity contribution in [1.82, 2.24) is 0 Å². The van der Waals surface area contributed by atoms with Gasteiger partial charge in [-0.3, -0.25) is 4.79 Å². The smallest absolute Gasteiger partial charge is 0.224 e. The van der Waals surface area contributed by atoms with Gasteiger partial charge in [0.2, 0.25) is 5.91 Å². The Morgan fingerprint density at radius 2 is 1.57 bits per heavy atom. The van der Waals surface area contributed by atoms with Crippen LogP contribution in [0.15, 0.2) is 24.3 Å². The van der Waals surface area contributed by atoms with Crippen LogP contribution in [-0.2, 0) is 4.79 Å². The lowest BCUT2D eigenvalue weighted by Crippen LogP contribution is -2.10. The highest BCUT2D eigenvalue weighted by molar-refractivity contribution is 5.90. The minimum Gasteiger partial charge on any atom is -0.494 e. The van der Waals surface area contributed by atoms with Crippen molar-refractivity contribution >= 4 is 11.6 Å². The summed E-state index contributed by atoms with van der Waals surface area (Å²) in [5.41, 5.74) is 0.839. The van der Waals surface area contributed by atoms with Crippen LogP contribution in [0.4, 0.5) is 5.69 Å². The van der Waals surface area contributed by atoms with Gasteiger partial charge in [0.15, 0.2) is 0 Å². The maximum Gasteiger partial charge on any atom is 0.224 e. The van der Waals surface area contributed by atoms with E-state index in [-0.39, 0.29) is 5.91 Å². The number of ether oxygens (including phenoxy) is 1. The van der Waals surface area contributed by atoms with Crippen LogP contribution in [-0.4, -0.2) is 12.5 Å². The summed E-state index contributed by atoms with van der Waals surface area (Å²) in [6, 6.07) is 7.53. The van der Waals surface area contributed by atoms with Crippen molar-refractivity contribution < 1.29 is 9.53 Å². The standard InChI is InChI=1S/C18H29NO2/c1-3-5-6-7-8-9-10-11-18(20)19-16-12-14-17(15-13-16)21-4-2/h12-15H,3-11H2,1-2H3,(H,19,20). The molecule has 3 heteroatoms. The molecule has 0 unspecified atom stereocenters. The average molecular weight is 291 g/mol. The third kappa shape index (κ3) is 8.38. The lowest BCUT2D eigenvalue weighted by atomic mass is 10.1. The summed E-state index contributed by atoms with van der Waals surface area (Å²) in [6.07, 6.45) is 9.23. The molecule has 0 heterocycles. The van der Waals surface area contributed by atoms with E-state index in [0.717, 1.165) is 24.3 Å². The predicted molar refractivity (Wildman–Crippen MR) is 88.9 cm³/mol. The normalized spacial score (nSPS) is 10.4. The fourth-order valence-electron chi connectivity index (χ4n) is 2.27. The summed E-state index contributed by atoms with van der Waals surface area (Å²) in [6.45, 7) is 4.84. The molecule has 0 saturated heterocycles. The molecule has 0 aliphatic rings. The van der Waals surface area contributed by atoms with Gasteiger partial charge in [0.1, 0.15) is 5.75 Å². The Morgan fingerprint density at radius 3 is 2.19 bits per heavy atom. The fourth-order valence-corrected chi connectivity index (χ4v) is 2.27. The molecule has 21 heavy (non-hydrogen) atoms. The molecule has 0 bridgehead atoms. The number of hydrogen-bond acceptors (Lipinski definition) is 2. The van der Waals surface area contributed by atoms with E-state index in [9.17, 15) is 4.79 Å². The third-order valence-electron chi connectivity index (χ3n) is 3.46. The molecule has 0 saturated carbocycles. The molecule has 118 valence electrons. The molecule has 0 spiro atoms. The molecule has 1 aromatic carbocycles. The van der Waals surface area contributed by atoms with Crippen LogP contribution in [0, 0.1) is 0 Å². The molecule has 0 aliphatic heterocycles. The van der Waals surface area contributed by atoms with Gasteiger partial charge in [-0.1, -0.05) is 45.4 Å². The second kappa shape index (κ2) is 11.2. The number of nitrogens with one attached hydrogen (secondary N) is 1. The van der Waals surface area contributed by atoms with Gasteiger partial charge in [0.25, 0.3) is 0 Å². The Balaban J connectivity index is 2.12. The first-order valence-electron chi connectivity index (χ1n) is 8.29. The van der Waals surface area contributed by atoms with E-state index in [1.165, 1.54) is 32.1 Å². The van der Waals surface area contributed by atoms with E-state index in [1.54, 1.807) is 0 Å². The molecule has 0 aliphatic carbocycles. The zero-order chi connectivity index (χ0) is 15.3. The summed E-state index contributed by atoms with van der Waals surface area (Å²) in [5.74, 6) is 0.940. The number of unbranched alkanes of at least 4 members (excludes halogenated alkanes) is 6. The van der Waals surface area contributed by atoms with Gasteiger partial charge in [-0.05, 0) is 37.6 Å². The largest absolute Gasteiger partial charge is 0.494 e. The summed E-state index contributed by atoms with van der Waals surface area (Å²) in [4.78, 5) is 11.8. The van der Waals surface area contributed by atoms with Crippen molar-refractivity contribution in [2.75, 3.05) is 11.9 Å². The minimum absolute atomic E-state index is 0.104. The van der Waals surface area contributed by atoms with Crippen molar-refractivity contribution in [2.24, 2.45) is 0 Å². The Labute approximate surface area is 129 Å². The third-order valence-corrected chi connectivity index (χ3v) is 3.46. The van der Waals surface area contributed by atoms with Gasteiger partial charge < -0.3 is 10.1 Å². The zero-order valence-corrected chi connectivity index (χ0v) is 13.5. The number of hydrogen-bond donors (Lipinski definition) is 1. The van der Waals surface area contributed by atoms with Gasteiger partial charge >= 0.3 is 0 Å². The highest BCUT2D eigenvalue weighted by atomic mass is 16.5. The van der Waals surface area contributed by atoms with E-state index >= 15 is 0 Å². The average Bonchev–Trinajstić information content (AvgIpc) is 2.49. The van der Waals surface area contributed by atoms with Crippen LogP contribution in [0.2, 0.25) is 0 Å². The predicted octanol–water partition coefficient (Wildman–Crippen LogP) is 5.16. The zero-order valence-electron chi connectivity index (χ0n) is 13.5. The first kappa shape index (κ1) is 17.5. The lowest BCUT2D eigenvalue weighted by molar-refractivity contribution is -0.116. The SMILES string of the molecule is CCCCCCCCCC(=O)Nc1ccc(OCC)cc1. The Bertz CT molecular complexity index is 387. The van der Waals surface area contributed by atoms with E-state index < -0.39 is 0 Å².